The number of anilines is 2. The number of pyridine rings is 1. The number of hydrogen-bond acceptors (Lipinski definition) is 5. The Bertz CT molecular complexity index is 1050. The van der Waals surface area contributed by atoms with E-state index in [2.05, 4.69) is 15.6 Å². The number of carbonyl (C=O) groups excluding carboxylic acids is 1. The van der Waals surface area contributed by atoms with Crippen molar-refractivity contribution >= 4 is 34.0 Å². The highest BCUT2D eigenvalue weighted by atomic mass is 32.2. The number of urea groups is 1. The molecule has 1 heterocycles. The molecule has 148 valence electrons. The highest BCUT2D eigenvalue weighted by molar-refractivity contribution is 7.84. The van der Waals surface area contributed by atoms with Gasteiger partial charge in [-0.05, 0) is 17.7 Å². The SMILES string of the molecule is CS(=O)c1ccc(C(=N)c2cnc(NC(=O)NCc3ccccc3)cc2N)cc1. The largest absolute Gasteiger partial charge is 0.398 e. The van der Waals surface area contributed by atoms with Crippen LogP contribution in [-0.2, 0) is 17.3 Å². The van der Waals surface area contributed by atoms with Crippen LogP contribution in [0.5, 0.6) is 0 Å². The molecule has 2 aromatic carbocycles. The number of nitrogen functional groups attached to an aromatic ring is 1. The zero-order valence-electron chi connectivity index (χ0n) is 15.8. The van der Waals surface area contributed by atoms with E-state index in [1.165, 1.54) is 12.3 Å². The molecule has 3 aromatic rings. The summed E-state index contributed by atoms with van der Waals surface area (Å²) in [7, 11) is -1.08. The molecule has 0 aliphatic rings. The van der Waals surface area contributed by atoms with Crippen LogP contribution in [0.1, 0.15) is 16.7 Å². The molecule has 0 fully saturated rings. The number of aromatic nitrogens is 1. The Labute approximate surface area is 171 Å². The summed E-state index contributed by atoms with van der Waals surface area (Å²) in [6.45, 7) is 0.392. The van der Waals surface area contributed by atoms with Crippen molar-refractivity contribution in [2.24, 2.45) is 0 Å². The van der Waals surface area contributed by atoms with E-state index >= 15 is 0 Å². The van der Waals surface area contributed by atoms with E-state index in [1.807, 2.05) is 30.3 Å². The van der Waals surface area contributed by atoms with Gasteiger partial charge in [-0.2, -0.15) is 0 Å². The minimum Gasteiger partial charge on any atom is -0.398 e. The van der Waals surface area contributed by atoms with E-state index in [4.69, 9.17) is 11.1 Å². The monoisotopic (exact) mass is 407 g/mol. The number of amides is 2. The van der Waals surface area contributed by atoms with Gasteiger partial charge in [0.05, 0.1) is 5.71 Å². The Kier molecular flexibility index (Phi) is 6.36. The molecule has 0 bridgehead atoms. The van der Waals surface area contributed by atoms with Crippen LogP contribution in [-0.4, -0.2) is 27.2 Å². The molecule has 0 saturated carbocycles. The topological polar surface area (TPSA) is 121 Å². The standard InChI is InChI=1S/C21H21N5O2S/c1-29(28)16-9-7-15(8-10-16)20(23)17-13-24-19(11-18(17)22)26-21(27)25-12-14-5-3-2-4-6-14/h2-11,13,23H,12H2,1H3,(H4,22,24,25,26,27). The normalized spacial score (nSPS) is 11.5. The fourth-order valence-electron chi connectivity index (χ4n) is 2.66. The molecule has 2 amide bonds. The lowest BCUT2D eigenvalue weighted by molar-refractivity contribution is 0.251. The molecule has 1 unspecified atom stereocenters. The Balaban J connectivity index is 1.65. The summed E-state index contributed by atoms with van der Waals surface area (Å²) in [5.41, 5.74) is 8.67. The number of benzene rings is 2. The fraction of sp³-hybridized carbons (Fsp3) is 0.0952. The molecule has 0 spiro atoms. The van der Waals surface area contributed by atoms with E-state index in [1.54, 1.807) is 30.5 Å². The zero-order chi connectivity index (χ0) is 20.8. The van der Waals surface area contributed by atoms with Crippen LogP contribution < -0.4 is 16.4 Å². The van der Waals surface area contributed by atoms with Crippen LogP contribution in [0.15, 0.2) is 71.8 Å². The number of nitrogens with one attached hydrogen (secondary N) is 3. The highest BCUT2D eigenvalue weighted by Gasteiger charge is 2.12. The van der Waals surface area contributed by atoms with Crippen LogP contribution in [0.3, 0.4) is 0 Å². The van der Waals surface area contributed by atoms with Gasteiger partial charge in [-0.3, -0.25) is 14.9 Å². The number of nitrogens with zero attached hydrogens (tertiary/aromatic N) is 1. The Morgan fingerprint density at radius 3 is 2.45 bits per heavy atom. The molecule has 7 nitrogen and oxygen atoms in total. The van der Waals surface area contributed by atoms with Gasteiger partial charge in [-0.1, -0.05) is 42.5 Å². The van der Waals surface area contributed by atoms with Crippen molar-refractivity contribution < 1.29 is 9.00 Å². The van der Waals surface area contributed by atoms with Gasteiger partial charge < -0.3 is 11.1 Å². The van der Waals surface area contributed by atoms with Crippen LogP contribution in [0.4, 0.5) is 16.3 Å². The first-order chi connectivity index (χ1) is 13.9. The lowest BCUT2D eigenvalue weighted by atomic mass is 10.0. The minimum absolute atomic E-state index is 0.198. The van der Waals surface area contributed by atoms with Gasteiger partial charge in [0.15, 0.2) is 0 Å². The van der Waals surface area contributed by atoms with Crippen molar-refractivity contribution in [3.63, 3.8) is 0 Å². The van der Waals surface area contributed by atoms with Crippen LogP contribution in [0, 0.1) is 5.41 Å². The Morgan fingerprint density at radius 2 is 1.83 bits per heavy atom. The maximum atomic E-state index is 12.1. The van der Waals surface area contributed by atoms with E-state index in [0.717, 1.165) is 5.56 Å². The van der Waals surface area contributed by atoms with Crippen molar-refractivity contribution in [2.45, 2.75) is 11.4 Å². The molecule has 0 saturated heterocycles. The lowest BCUT2D eigenvalue weighted by Gasteiger charge is -2.11. The second-order valence-corrected chi connectivity index (χ2v) is 7.68. The summed E-state index contributed by atoms with van der Waals surface area (Å²) in [6, 6.07) is 17.6. The Morgan fingerprint density at radius 1 is 1.14 bits per heavy atom. The first-order valence-corrected chi connectivity index (χ1v) is 10.4. The third-order valence-electron chi connectivity index (χ3n) is 4.22. The van der Waals surface area contributed by atoms with Gasteiger partial charge in [-0.25, -0.2) is 9.78 Å². The number of hydrogen-bond donors (Lipinski definition) is 4. The van der Waals surface area contributed by atoms with Crippen LogP contribution >= 0.6 is 0 Å². The number of rotatable bonds is 6. The summed E-state index contributed by atoms with van der Waals surface area (Å²) >= 11 is 0. The van der Waals surface area contributed by atoms with Crippen molar-refractivity contribution in [3.05, 3.63) is 83.6 Å². The maximum absolute atomic E-state index is 12.1. The minimum atomic E-state index is -1.08. The average molecular weight is 407 g/mol. The van der Waals surface area contributed by atoms with Gasteiger partial charge in [0.1, 0.15) is 5.82 Å². The van der Waals surface area contributed by atoms with E-state index in [9.17, 15) is 9.00 Å². The lowest BCUT2D eigenvalue weighted by Crippen LogP contribution is -2.28. The van der Waals surface area contributed by atoms with Gasteiger partial charge >= 0.3 is 6.03 Å². The molecular formula is C21H21N5O2S. The zero-order valence-corrected chi connectivity index (χ0v) is 16.6. The van der Waals surface area contributed by atoms with E-state index < -0.39 is 16.8 Å². The second-order valence-electron chi connectivity index (χ2n) is 6.30. The van der Waals surface area contributed by atoms with E-state index in [0.29, 0.717) is 34.1 Å². The third kappa shape index (κ3) is 5.26. The third-order valence-corrected chi connectivity index (χ3v) is 5.15. The van der Waals surface area contributed by atoms with Crippen molar-refractivity contribution in [1.82, 2.24) is 10.3 Å². The summed E-state index contributed by atoms with van der Waals surface area (Å²) in [6.07, 6.45) is 3.06. The van der Waals surface area contributed by atoms with Crippen molar-refractivity contribution in [2.75, 3.05) is 17.3 Å². The second kappa shape index (κ2) is 9.11. The molecule has 0 aliphatic carbocycles. The summed E-state index contributed by atoms with van der Waals surface area (Å²) < 4.78 is 11.5. The van der Waals surface area contributed by atoms with Gasteiger partial charge in [-0.15, -0.1) is 0 Å². The van der Waals surface area contributed by atoms with Crippen LogP contribution in [0.25, 0.3) is 0 Å². The molecule has 3 rings (SSSR count). The molecule has 0 aliphatic heterocycles. The Hall–Kier alpha value is -3.52. The molecule has 0 radical (unpaired) electrons. The summed E-state index contributed by atoms with van der Waals surface area (Å²) in [5, 5.41) is 13.7. The predicted molar refractivity (Wildman–Crippen MR) is 116 cm³/mol. The van der Waals surface area contributed by atoms with Crippen LogP contribution in [0.2, 0.25) is 0 Å². The highest BCUT2D eigenvalue weighted by Crippen LogP contribution is 2.19. The average Bonchev–Trinajstić information content (AvgIpc) is 2.73. The summed E-state index contributed by atoms with van der Waals surface area (Å²) in [4.78, 5) is 16.9. The van der Waals surface area contributed by atoms with Gasteiger partial charge in [0.25, 0.3) is 0 Å². The number of nitrogens with two attached hydrogens (primary N) is 1. The first-order valence-electron chi connectivity index (χ1n) is 8.81. The van der Waals surface area contributed by atoms with Crippen molar-refractivity contribution in [1.29, 1.82) is 5.41 Å². The molecule has 1 aromatic heterocycles. The first kappa shape index (κ1) is 20.2. The molecule has 5 N–H and O–H groups in total. The van der Waals surface area contributed by atoms with Gasteiger partial charge in [0.2, 0.25) is 0 Å². The van der Waals surface area contributed by atoms with E-state index in [-0.39, 0.29) is 5.71 Å². The maximum Gasteiger partial charge on any atom is 0.320 e. The van der Waals surface area contributed by atoms with Gasteiger partial charge in [0, 0.05) is 57.6 Å². The summed E-state index contributed by atoms with van der Waals surface area (Å²) in [5.74, 6) is 0.293. The molecule has 1 atom stereocenters. The predicted octanol–water partition coefficient (Wildman–Crippen LogP) is 3.14. The van der Waals surface area contributed by atoms with Crippen molar-refractivity contribution in [3.8, 4) is 0 Å². The molecule has 8 heteroatoms. The molecular weight excluding hydrogens is 386 g/mol. The quantitative estimate of drug-likeness (QED) is 0.469. The fourth-order valence-corrected chi connectivity index (χ4v) is 3.18. The number of carbonyl (C=O) groups is 1. The molecule has 29 heavy (non-hydrogen) atoms. The smallest absolute Gasteiger partial charge is 0.320 e.